The van der Waals surface area contributed by atoms with Crippen molar-refractivity contribution in [2.45, 2.75) is 6.92 Å². The third-order valence-electron chi connectivity index (χ3n) is 2.05. The molecule has 0 radical (unpaired) electrons. The van der Waals surface area contributed by atoms with Crippen LogP contribution in [0, 0.1) is 6.92 Å². The first kappa shape index (κ1) is 9.22. The van der Waals surface area contributed by atoms with Crippen LogP contribution in [0.2, 0.25) is 5.02 Å². The molecule has 0 aliphatic carbocycles. The van der Waals surface area contributed by atoms with E-state index in [1.165, 1.54) is 5.56 Å². The maximum atomic E-state index is 5.80. The zero-order valence-corrected chi connectivity index (χ0v) is 8.62. The van der Waals surface area contributed by atoms with E-state index in [9.17, 15) is 0 Å². The summed E-state index contributed by atoms with van der Waals surface area (Å²) in [5, 5.41) is 0.751. The molecule has 0 aliphatic rings. The molecule has 0 bridgehead atoms. The van der Waals surface area contributed by atoms with Crippen molar-refractivity contribution >= 4 is 11.6 Å². The van der Waals surface area contributed by atoms with Gasteiger partial charge in [-0.25, -0.2) is 0 Å². The standard InChI is InChI=1S/C12H10ClN/c1-9-2-7-12(14-8-9)10-3-5-11(13)6-4-10/h2-8H,1H3. The summed E-state index contributed by atoms with van der Waals surface area (Å²) in [6.45, 7) is 2.03. The average Bonchev–Trinajstić information content (AvgIpc) is 2.21. The lowest BCUT2D eigenvalue weighted by molar-refractivity contribution is 1.27. The Morgan fingerprint density at radius 2 is 1.71 bits per heavy atom. The van der Waals surface area contributed by atoms with Crippen LogP contribution in [0.5, 0.6) is 0 Å². The summed E-state index contributed by atoms with van der Waals surface area (Å²) in [6.07, 6.45) is 1.87. The summed E-state index contributed by atoms with van der Waals surface area (Å²) >= 11 is 5.80. The number of halogens is 1. The molecule has 2 aromatic rings. The molecule has 1 heterocycles. The molecule has 2 heteroatoms. The van der Waals surface area contributed by atoms with Gasteiger partial charge in [-0.1, -0.05) is 29.8 Å². The zero-order valence-electron chi connectivity index (χ0n) is 7.87. The van der Waals surface area contributed by atoms with Gasteiger partial charge in [0.05, 0.1) is 5.69 Å². The van der Waals surface area contributed by atoms with Gasteiger partial charge in [-0.2, -0.15) is 0 Å². The lowest BCUT2D eigenvalue weighted by Crippen LogP contribution is -1.83. The smallest absolute Gasteiger partial charge is 0.0702 e. The molecule has 14 heavy (non-hydrogen) atoms. The Kier molecular flexibility index (Phi) is 2.51. The van der Waals surface area contributed by atoms with Gasteiger partial charge >= 0.3 is 0 Å². The van der Waals surface area contributed by atoms with E-state index in [2.05, 4.69) is 11.1 Å². The number of aromatic nitrogens is 1. The number of hydrogen-bond donors (Lipinski definition) is 0. The molecule has 0 atom stereocenters. The van der Waals surface area contributed by atoms with E-state index in [-0.39, 0.29) is 0 Å². The van der Waals surface area contributed by atoms with Crippen molar-refractivity contribution < 1.29 is 0 Å². The highest BCUT2D eigenvalue weighted by molar-refractivity contribution is 6.30. The highest BCUT2D eigenvalue weighted by atomic mass is 35.5. The molecular weight excluding hydrogens is 194 g/mol. The summed E-state index contributed by atoms with van der Waals surface area (Å²) in [7, 11) is 0. The van der Waals surface area contributed by atoms with E-state index in [1.807, 2.05) is 43.5 Å². The van der Waals surface area contributed by atoms with Gasteiger partial charge in [0.25, 0.3) is 0 Å². The molecule has 0 saturated heterocycles. The predicted molar refractivity (Wildman–Crippen MR) is 59.4 cm³/mol. The zero-order chi connectivity index (χ0) is 9.97. The fourth-order valence-corrected chi connectivity index (χ4v) is 1.39. The van der Waals surface area contributed by atoms with Crippen molar-refractivity contribution in [2.24, 2.45) is 0 Å². The molecule has 70 valence electrons. The highest BCUT2D eigenvalue weighted by Gasteiger charge is 1.97. The van der Waals surface area contributed by atoms with Crippen LogP contribution in [0.25, 0.3) is 11.3 Å². The number of hydrogen-bond acceptors (Lipinski definition) is 1. The first-order chi connectivity index (χ1) is 6.75. The van der Waals surface area contributed by atoms with E-state index in [4.69, 9.17) is 11.6 Å². The molecule has 0 N–H and O–H groups in total. The van der Waals surface area contributed by atoms with Gasteiger partial charge in [0, 0.05) is 16.8 Å². The van der Waals surface area contributed by atoms with Gasteiger partial charge < -0.3 is 0 Å². The second-order valence-electron chi connectivity index (χ2n) is 3.23. The molecule has 0 spiro atoms. The molecule has 0 aliphatic heterocycles. The third kappa shape index (κ3) is 1.94. The van der Waals surface area contributed by atoms with Crippen LogP contribution in [0.15, 0.2) is 42.6 Å². The van der Waals surface area contributed by atoms with Crippen molar-refractivity contribution in [1.82, 2.24) is 4.98 Å². The minimum Gasteiger partial charge on any atom is -0.256 e. The van der Waals surface area contributed by atoms with E-state index in [1.54, 1.807) is 0 Å². The predicted octanol–water partition coefficient (Wildman–Crippen LogP) is 3.71. The Morgan fingerprint density at radius 1 is 1.00 bits per heavy atom. The molecule has 1 aromatic carbocycles. The van der Waals surface area contributed by atoms with Crippen molar-refractivity contribution in [2.75, 3.05) is 0 Å². The number of aryl methyl sites for hydroxylation is 1. The van der Waals surface area contributed by atoms with Crippen LogP contribution < -0.4 is 0 Å². The largest absolute Gasteiger partial charge is 0.256 e. The van der Waals surface area contributed by atoms with E-state index in [0.29, 0.717) is 0 Å². The van der Waals surface area contributed by atoms with Gasteiger partial charge in [-0.15, -0.1) is 0 Å². The maximum Gasteiger partial charge on any atom is 0.0702 e. The Morgan fingerprint density at radius 3 is 2.29 bits per heavy atom. The number of nitrogens with zero attached hydrogens (tertiary/aromatic N) is 1. The summed E-state index contributed by atoms with van der Waals surface area (Å²) in [4.78, 5) is 4.34. The Balaban J connectivity index is 2.40. The van der Waals surface area contributed by atoms with Gasteiger partial charge in [0.1, 0.15) is 0 Å². The summed E-state index contributed by atoms with van der Waals surface area (Å²) in [5.74, 6) is 0. The van der Waals surface area contributed by atoms with Crippen LogP contribution >= 0.6 is 11.6 Å². The molecule has 0 unspecified atom stereocenters. The van der Waals surface area contributed by atoms with Gasteiger partial charge in [0.15, 0.2) is 0 Å². The van der Waals surface area contributed by atoms with Gasteiger partial charge in [-0.05, 0) is 30.7 Å². The molecule has 0 fully saturated rings. The van der Waals surface area contributed by atoms with Crippen LogP contribution in [-0.4, -0.2) is 4.98 Å². The topological polar surface area (TPSA) is 12.9 Å². The van der Waals surface area contributed by atoms with Crippen molar-refractivity contribution in [3.05, 3.63) is 53.2 Å². The second-order valence-corrected chi connectivity index (χ2v) is 3.66. The fraction of sp³-hybridized carbons (Fsp3) is 0.0833. The van der Waals surface area contributed by atoms with E-state index in [0.717, 1.165) is 16.3 Å². The lowest BCUT2D eigenvalue weighted by Gasteiger charge is -2.00. The quantitative estimate of drug-likeness (QED) is 0.689. The summed E-state index contributed by atoms with van der Waals surface area (Å²) in [5.41, 5.74) is 3.24. The van der Waals surface area contributed by atoms with Crippen molar-refractivity contribution in [3.63, 3.8) is 0 Å². The molecule has 1 aromatic heterocycles. The van der Waals surface area contributed by atoms with Crippen molar-refractivity contribution in [1.29, 1.82) is 0 Å². The fourth-order valence-electron chi connectivity index (χ4n) is 1.26. The van der Waals surface area contributed by atoms with Crippen LogP contribution in [0.4, 0.5) is 0 Å². The van der Waals surface area contributed by atoms with Gasteiger partial charge in [-0.3, -0.25) is 4.98 Å². The Hall–Kier alpha value is -1.34. The molecule has 0 amide bonds. The number of pyridine rings is 1. The Labute approximate surface area is 88.4 Å². The van der Waals surface area contributed by atoms with E-state index < -0.39 is 0 Å². The average molecular weight is 204 g/mol. The lowest BCUT2D eigenvalue weighted by atomic mass is 10.1. The SMILES string of the molecule is Cc1ccc(-c2ccc(Cl)cc2)nc1. The highest BCUT2D eigenvalue weighted by Crippen LogP contribution is 2.19. The molecule has 1 nitrogen and oxygen atoms in total. The van der Waals surface area contributed by atoms with Crippen LogP contribution in [0.3, 0.4) is 0 Å². The minimum atomic E-state index is 0.751. The monoisotopic (exact) mass is 203 g/mol. The summed E-state index contributed by atoms with van der Waals surface area (Å²) < 4.78 is 0. The first-order valence-electron chi connectivity index (χ1n) is 4.44. The molecule has 0 saturated carbocycles. The number of rotatable bonds is 1. The first-order valence-corrected chi connectivity index (χ1v) is 4.82. The normalized spacial score (nSPS) is 10.1. The van der Waals surface area contributed by atoms with E-state index >= 15 is 0 Å². The second kappa shape index (κ2) is 3.81. The van der Waals surface area contributed by atoms with Gasteiger partial charge in [0.2, 0.25) is 0 Å². The van der Waals surface area contributed by atoms with Crippen molar-refractivity contribution in [3.8, 4) is 11.3 Å². The Bertz CT molecular complexity index is 374. The molecular formula is C12H10ClN. The third-order valence-corrected chi connectivity index (χ3v) is 2.30. The minimum absolute atomic E-state index is 0.751. The maximum absolute atomic E-state index is 5.80. The van der Waals surface area contributed by atoms with Crippen LogP contribution in [-0.2, 0) is 0 Å². The molecule has 2 rings (SSSR count). The summed E-state index contributed by atoms with van der Waals surface area (Å²) in [6, 6.07) is 11.8. The number of benzene rings is 1. The van der Waals surface area contributed by atoms with Crippen LogP contribution in [0.1, 0.15) is 5.56 Å².